The predicted octanol–water partition coefficient (Wildman–Crippen LogP) is 2.85. The van der Waals surface area contributed by atoms with E-state index in [1.54, 1.807) is 18.2 Å². The van der Waals surface area contributed by atoms with Crippen molar-refractivity contribution in [3.05, 3.63) is 65.0 Å². The molecule has 0 aliphatic carbocycles. The summed E-state index contributed by atoms with van der Waals surface area (Å²) in [6, 6.07) is 13.4. The largest absolute Gasteiger partial charge is 0.618 e. The van der Waals surface area contributed by atoms with Crippen molar-refractivity contribution in [1.29, 1.82) is 0 Å². The standard InChI is InChI=1S/C17H20N2O2S/c1-3-14-7-9-15(10-8-14)13(2)18-16(20)12-22-17-6-4-5-11-19(17)21/h4-11,13H,3,12H2,1-2H3,(H,18,20)/t13-/m1/s1. The highest BCUT2D eigenvalue weighted by atomic mass is 32.2. The number of hydrogen-bond acceptors (Lipinski definition) is 3. The molecule has 1 aromatic carbocycles. The lowest BCUT2D eigenvalue weighted by atomic mass is 10.1. The lowest BCUT2D eigenvalue weighted by Crippen LogP contribution is -2.31. The molecule has 2 rings (SSSR count). The molecule has 0 bridgehead atoms. The van der Waals surface area contributed by atoms with Gasteiger partial charge in [0.05, 0.1) is 11.8 Å². The summed E-state index contributed by atoms with van der Waals surface area (Å²) in [4.78, 5) is 12.0. The van der Waals surface area contributed by atoms with Crippen LogP contribution in [0, 0.1) is 5.21 Å². The average Bonchev–Trinajstić information content (AvgIpc) is 2.54. The summed E-state index contributed by atoms with van der Waals surface area (Å²) in [7, 11) is 0. The van der Waals surface area contributed by atoms with Crippen LogP contribution >= 0.6 is 11.8 Å². The summed E-state index contributed by atoms with van der Waals surface area (Å²) in [5, 5.41) is 15.0. The Kier molecular flexibility index (Phi) is 5.83. The van der Waals surface area contributed by atoms with Crippen molar-refractivity contribution in [1.82, 2.24) is 5.32 Å². The summed E-state index contributed by atoms with van der Waals surface area (Å²) < 4.78 is 0.769. The lowest BCUT2D eigenvalue weighted by Gasteiger charge is -2.14. The maximum absolute atomic E-state index is 12.0. The number of nitrogens with one attached hydrogen (secondary N) is 1. The van der Waals surface area contributed by atoms with E-state index in [2.05, 4.69) is 24.4 Å². The molecule has 0 saturated heterocycles. The molecule has 116 valence electrons. The van der Waals surface area contributed by atoms with Gasteiger partial charge in [-0.1, -0.05) is 31.2 Å². The zero-order chi connectivity index (χ0) is 15.9. The quantitative estimate of drug-likeness (QED) is 0.506. The number of amides is 1. The van der Waals surface area contributed by atoms with Gasteiger partial charge in [0.15, 0.2) is 6.20 Å². The molecule has 0 fully saturated rings. The van der Waals surface area contributed by atoms with Crippen LogP contribution in [0.15, 0.2) is 53.7 Å². The third kappa shape index (κ3) is 4.49. The highest BCUT2D eigenvalue weighted by molar-refractivity contribution is 7.99. The van der Waals surface area contributed by atoms with Crippen molar-refractivity contribution < 1.29 is 9.52 Å². The summed E-state index contributed by atoms with van der Waals surface area (Å²) in [5.74, 6) is 0.143. The van der Waals surface area contributed by atoms with Crippen LogP contribution in [0.5, 0.6) is 0 Å². The van der Waals surface area contributed by atoms with E-state index < -0.39 is 0 Å². The minimum absolute atomic E-state index is 0.0471. The first kappa shape index (κ1) is 16.4. The Morgan fingerprint density at radius 1 is 1.27 bits per heavy atom. The molecule has 2 aromatic rings. The molecule has 4 nitrogen and oxygen atoms in total. The Hall–Kier alpha value is -2.01. The third-order valence-electron chi connectivity index (χ3n) is 3.41. The third-order valence-corrected chi connectivity index (χ3v) is 4.42. The van der Waals surface area contributed by atoms with E-state index in [0.29, 0.717) is 5.03 Å². The molecule has 1 amide bonds. The van der Waals surface area contributed by atoms with Crippen molar-refractivity contribution in [2.24, 2.45) is 0 Å². The lowest BCUT2D eigenvalue weighted by molar-refractivity contribution is -0.645. The molecule has 1 N–H and O–H groups in total. The van der Waals surface area contributed by atoms with Crippen LogP contribution in [-0.4, -0.2) is 11.7 Å². The first-order chi connectivity index (χ1) is 10.6. The maximum Gasteiger partial charge on any atom is 0.251 e. The minimum Gasteiger partial charge on any atom is -0.618 e. The van der Waals surface area contributed by atoms with Crippen LogP contribution in [0.1, 0.15) is 31.0 Å². The van der Waals surface area contributed by atoms with Gasteiger partial charge < -0.3 is 10.5 Å². The van der Waals surface area contributed by atoms with Crippen LogP contribution in [-0.2, 0) is 11.2 Å². The topological polar surface area (TPSA) is 56.0 Å². The number of hydrogen-bond donors (Lipinski definition) is 1. The van der Waals surface area contributed by atoms with E-state index >= 15 is 0 Å². The number of nitrogens with zero attached hydrogens (tertiary/aromatic N) is 1. The number of carbonyl (C=O) groups excluding carboxylic acids is 1. The number of aryl methyl sites for hydroxylation is 1. The molecule has 22 heavy (non-hydrogen) atoms. The Labute approximate surface area is 135 Å². The Morgan fingerprint density at radius 2 is 2.00 bits per heavy atom. The second-order valence-corrected chi connectivity index (χ2v) is 6.03. The van der Waals surface area contributed by atoms with Crippen molar-refractivity contribution in [3.8, 4) is 0 Å². The molecule has 0 spiro atoms. The number of carbonyl (C=O) groups is 1. The van der Waals surface area contributed by atoms with Gasteiger partial charge in [-0.15, -0.1) is 0 Å². The zero-order valence-electron chi connectivity index (χ0n) is 12.8. The van der Waals surface area contributed by atoms with E-state index in [0.717, 1.165) is 16.7 Å². The Bertz CT molecular complexity index is 629. The van der Waals surface area contributed by atoms with E-state index in [-0.39, 0.29) is 17.7 Å². The summed E-state index contributed by atoms with van der Waals surface area (Å²) in [6.45, 7) is 4.07. The monoisotopic (exact) mass is 316 g/mol. The van der Waals surface area contributed by atoms with Gasteiger partial charge >= 0.3 is 0 Å². The summed E-state index contributed by atoms with van der Waals surface area (Å²) in [5.41, 5.74) is 2.36. The fourth-order valence-electron chi connectivity index (χ4n) is 2.07. The van der Waals surface area contributed by atoms with Crippen LogP contribution < -0.4 is 10.0 Å². The molecule has 1 aromatic heterocycles. The van der Waals surface area contributed by atoms with Crippen molar-refractivity contribution in [2.45, 2.75) is 31.3 Å². The first-order valence-corrected chi connectivity index (χ1v) is 8.28. The number of aromatic nitrogens is 1. The Balaban J connectivity index is 1.87. The molecular formula is C17H20N2O2S. The van der Waals surface area contributed by atoms with E-state index in [4.69, 9.17) is 0 Å². The van der Waals surface area contributed by atoms with Gasteiger partial charge in [-0.25, -0.2) is 0 Å². The van der Waals surface area contributed by atoms with E-state index in [9.17, 15) is 10.0 Å². The predicted molar refractivity (Wildman–Crippen MR) is 88.5 cm³/mol. The second kappa shape index (κ2) is 7.84. The van der Waals surface area contributed by atoms with Crippen molar-refractivity contribution in [2.75, 3.05) is 5.75 Å². The molecule has 0 saturated carbocycles. The molecule has 0 aliphatic rings. The fraction of sp³-hybridized carbons (Fsp3) is 0.294. The molecule has 1 heterocycles. The van der Waals surface area contributed by atoms with Crippen LogP contribution in [0.4, 0.5) is 0 Å². The number of rotatable bonds is 6. The highest BCUT2D eigenvalue weighted by Crippen LogP contribution is 2.16. The first-order valence-electron chi connectivity index (χ1n) is 7.29. The zero-order valence-corrected chi connectivity index (χ0v) is 13.6. The average molecular weight is 316 g/mol. The van der Waals surface area contributed by atoms with Gasteiger partial charge in [0, 0.05) is 12.1 Å². The van der Waals surface area contributed by atoms with Crippen LogP contribution in [0.2, 0.25) is 0 Å². The molecular weight excluding hydrogens is 296 g/mol. The molecule has 1 atom stereocenters. The van der Waals surface area contributed by atoms with Crippen LogP contribution in [0.3, 0.4) is 0 Å². The Morgan fingerprint density at radius 3 is 2.64 bits per heavy atom. The van der Waals surface area contributed by atoms with Crippen molar-refractivity contribution >= 4 is 17.7 Å². The number of pyridine rings is 1. The second-order valence-electron chi connectivity index (χ2n) is 5.04. The molecule has 0 radical (unpaired) electrons. The summed E-state index contributed by atoms with van der Waals surface area (Å²) >= 11 is 1.24. The van der Waals surface area contributed by atoms with Crippen molar-refractivity contribution in [3.63, 3.8) is 0 Å². The van der Waals surface area contributed by atoms with E-state index in [1.165, 1.54) is 23.5 Å². The smallest absolute Gasteiger partial charge is 0.251 e. The normalized spacial score (nSPS) is 11.9. The van der Waals surface area contributed by atoms with Gasteiger partial charge in [-0.2, -0.15) is 4.73 Å². The molecule has 0 aliphatic heterocycles. The van der Waals surface area contributed by atoms with Gasteiger partial charge in [0.1, 0.15) is 0 Å². The fourth-order valence-corrected chi connectivity index (χ4v) is 2.80. The van der Waals surface area contributed by atoms with Gasteiger partial charge in [-0.3, -0.25) is 4.79 Å². The van der Waals surface area contributed by atoms with Gasteiger partial charge in [0.2, 0.25) is 5.91 Å². The molecule has 5 heteroatoms. The maximum atomic E-state index is 12.0. The van der Waals surface area contributed by atoms with E-state index in [1.807, 2.05) is 19.1 Å². The number of benzene rings is 1. The highest BCUT2D eigenvalue weighted by Gasteiger charge is 2.12. The van der Waals surface area contributed by atoms with Crippen LogP contribution in [0.25, 0.3) is 0 Å². The molecule has 0 unspecified atom stereocenters. The summed E-state index contributed by atoms with van der Waals surface area (Å²) in [6.07, 6.45) is 2.43. The minimum atomic E-state index is -0.0825. The number of thioether (sulfide) groups is 1. The van der Waals surface area contributed by atoms with Gasteiger partial charge in [-0.05, 0) is 42.3 Å². The SMILES string of the molecule is CCc1ccc([C@@H](C)NC(=O)CSc2cccc[n+]2[O-])cc1. The van der Waals surface area contributed by atoms with Gasteiger partial charge in [0.25, 0.3) is 5.03 Å².